The molecule has 0 amide bonds. The van der Waals surface area contributed by atoms with Crippen LogP contribution in [-0.2, 0) is 0 Å². The zero-order valence-corrected chi connectivity index (χ0v) is 37.3. The Morgan fingerprint density at radius 2 is 0.824 bits per heavy atom. The van der Waals surface area contributed by atoms with Gasteiger partial charge in [-0.15, -0.1) is 0 Å². The molecule has 0 N–H and O–H groups in total. The predicted molar refractivity (Wildman–Crippen MR) is 290 cm³/mol. The molecule has 0 aliphatic carbocycles. The van der Waals surface area contributed by atoms with E-state index in [-0.39, 0.29) is 0 Å². The fourth-order valence-electron chi connectivity index (χ4n) is 10.7. The van der Waals surface area contributed by atoms with Crippen molar-refractivity contribution >= 4 is 71.2 Å². The standard InChI is InChI=1S/C66H44N2/c1-4-20-47(21-5-1)64-57-29-13-12-27-54(57)55-42-38-50(44-60(55)65(64)48-22-6-2-7-23-48)46-35-39-52(40-36-46)67(53-41-37-45-19-10-11-24-49(45)43-53)61-32-16-14-28-56(61)58-31-18-34-63-66(58)59-30-15-17-33-62(59)68(63)51-25-8-3-9-26-51/h1-44H. The van der Waals surface area contributed by atoms with Crippen LogP contribution < -0.4 is 4.90 Å². The molecule has 13 aromatic rings. The maximum absolute atomic E-state index is 2.44. The van der Waals surface area contributed by atoms with Gasteiger partial charge in [-0.2, -0.15) is 0 Å². The van der Waals surface area contributed by atoms with Crippen LogP contribution in [0.3, 0.4) is 0 Å². The summed E-state index contributed by atoms with van der Waals surface area (Å²) in [6, 6.07) is 97.5. The smallest absolute Gasteiger partial charge is 0.0547 e. The number of para-hydroxylation sites is 3. The Morgan fingerprint density at radius 1 is 0.279 bits per heavy atom. The van der Waals surface area contributed by atoms with Gasteiger partial charge in [0, 0.05) is 33.4 Å². The molecule has 0 unspecified atom stereocenters. The molecule has 0 aliphatic heterocycles. The third kappa shape index (κ3) is 6.57. The van der Waals surface area contributed by atoms with Gasteiger partial charge in [-0.1, -0.05) is 206 Å². The topological polar surface area (TPSA) is 8.17 Å². The van der Waals surface area contributed by atoms with Crippen molar-refractivity contribution in [3.63, 3.8) is 0 Å². The molecular formula is C66H44N2. The Kier molecular flexibility index (Phi) is 9.54. The third-order valence-electron chi connectivity index (χ3n) is 13.7. The normalized spacial score (nSPS) is 11.5. The molecule has 68 heavy (non-hydrogen) atoms. The lowest BCUT2D eigenvalue weighted by atomic mass is 9.84. The predicted octanol–water partition coefficient (Wildman–Crippen LogP) is 18.4. The first-order valence-electron chi connectivity index (χ1n) is 23.4. The molecule has 1 aromatic heterocycles. The van der Waals surface area contributed by atoms with Crippen LogP contribution in [0.4, 0.5) is 17.1 Å². The van der Waals surface area contributed by atoms with Crippen LogP contribution in [0.5, 0.6) is 0 Å². The van der Waals surface area contributed by atoms with E-state index < -0.39 is 0 Å². The highest BCUT2D eigenvalue weighted by Crippen LogP contribution is 2.48. The van der Waals surface area contributed by atoms with E-state index in [9.17, 15) is 0 Å². The average molecular weight is 865 g/mol. The molecule has 2 heteroatoms. The number of rotatable bonds is 8. The van der Waals surface area contributed by atoms with Crippen LogP contribution in [0.15, 0.2) is 267 Å². The Balaban J connectivity index is 0.995. The van der Waals surface area contributed by atoms with Crippen molar-refractivity contribution in [3.05, 3.63) is 267 Å². The summed E-state index contributed by atoms with van der Waals surface area (Å²) in [4.78, 5) is 2.44. The highest BCUT2D eigenvalue weighted by Gasteiger charge is 2.23. The number of fused-ring (bicyclic) bond motifs is 7. The summed E-state index contributed by atoms with van der Waals surface area (Å²) in [5, 5.41) is 9.89. The summed E-state index contributed by atoms with van der Waals surface area (Å²) in [6.07, 6.45) is 0. The summed E-state index contributed by atoms with van der Waals surface area (Å²) in [5.41, 5.74) is 16.4. The van der Waals surface area contributed by atoms with Crippen molar-refractivity contribution in [1.29, 1.82) is 0 Å². The summed E-state index contributed by atoms with van der Waals surface area (Å²) >= 11 is 0. The fourth-order valence-corrected chi connectivity index (χ4v) is 10.7. The second kappa shape index (κ2) is 16.5. The van der Waals surface area contributed by atoms with Crippen LogP contribution in [0.25, 0.3) is 104 Å². The van der Waals surface area contributed by atoms with Crippen LogP contribution in [0, 0.1) is 0 Å². The van der Waals surface area contributed by atoms with E-state index >= 15 is 0 Å². The molecule has 0 aliphatic rings. The van der Waals surface area contributed by atoms with Crippen molar-refractivity contribution in [2.24, 2.45) is 0 Å². The van der Waals surface area contributed by atoms with E-state index in [0.717, 1.165) is 33.9 Å². The number of hydrogen-bond acceptors (Lipinski definition) is 1. The lowest BCUT2D eigenvalue weighted by Crippen LogP contribution is -2.11. The zero-order chi connectivity index (χ0) is 45.0. The lowest BCUT2D eigenvalue weighted by molar-refractivity contribution is 1.18. The number of nitrogens with zero attached hydrogens (tertiary/aromatic N) is 2. The van der Waals surface area contributed by atoms with Crippen LogP contribution >= 0.6 is 0 Å². The first-order chi connectivity index (χ1) is 33.8. The molecule has 13 rings (SSSR count). The fraction of sp³-hybridized carbons (Fsp3) is 0. The minimum atomic E-state index is 1.08. The van der Waals surface area contributed by atoms with E-state index in [1.807, 2.05) is 0 Å². The largest absolute Gasteiger partial charge is 0.310 e. The summed E-state index contributed by atoms with van der Waals surface area (Å²) in [6.45, 7) is 0. The Hall–Kier alpha value is -8.98. The molecule has 0 spiro atoms. The second-order valence-electron chi connectivity index (χ2n) is 17.6. The van der Waals surface area contributed by atoms with Crippen LogP contribution in [0.2, 0.25) is 0 Å². The van der Waals surface area contributed by atoms with E-state index in [4.69, 9.17) is 0 Å². The van der Waals surface area contributed by atoms with Gasteiger partial charge < -0.3 is 9.47 Å². The number of hydrogen-bond donors (Lipinski definition) is 0. The van der Waals surface area contributed by atoms with Gasteiger partial charge in [0.1, 0.15) is 0 Å². The maximum atomic E-state index is 2.44. The SMILES string of the molecule is c1ccc(-c2c(-c3ccccc3)c3cc(-c4ccc(N(c5ccc6ccccc6c5)c5ccccc5-c5cccc6c5c5ccccc5n6-c5ccccc5)cc4)ccc3c3ccccc23)cc1. The van der Waals surface area contributed by atoms with Gasteiger partial charge in [-0.3, -0.25) is 0 Å². The molecule has 318 valence electrons. The molecule has 0 saturated carbocycles. The maximum Gasteiger partial charge on any atom is 0.0547 e. The number of benzene rings is 12. The van der Waals surface area contributed by atoms with Gasteiger partial charge >= 0.3 is 0 Å². The quantitative estimate of drug-likeness (QED) is 0.138. The first kappa shape index (κ1) is 39.4. The summed E-state index contributed by atoms with van der Waals surface area (Å²) in [5.74, 6) is 0. The van der Waals surface area contributed by atoms with Crippen molar-refractivity contribution in [2.45, 2.75) is 0 Å². The van der Waals surface area contributed by atoms with E-state index in [1.165, 1.54) is 87.5 Å². The lowest BCUT2D eigenvalue weighted by Gasteiger charge is -2.28. The van der Waals surface area contributed by atoms with Gasteiger partial charge in [-0.25, -0.2) is 0 Å². The zero-order valence-electron chi connectivity index (χ0n) is 37.3. The second-order valence-corrected chi connectivity index (χ2v) is 17.6. The molecule has 0 radical (unpaired) electrons. The third-order valence-corrected chi connectivity index (χ3v) is 13.7. The van der Waals surface area contributed by atoms with E-state index in [1.54, 1.807) is 0 Å². The van der Waals surface area contributed by atoms with Gasteiger partial charge in [0.05, 0.1) is 16.7 Å². The number of anilines is 3. The molecule has 2 nitrogen and oxygen atoms in total. The minimum Gasteiger partial charge on any atom is -0.310 e. The van der Waals surface area contributed by atoms with Gasteiger partial charge in [0.25, 0.3) is 0 Å². The highest BCUT2D eigenvalue weighted by molar-refractivity contribution is 6.22. The molecule has 0 bridgehead atoms. The Morgan fingerprint density at radius 3 is 1.59 bits per heavy atom. The van der Waals surface area contributed by atoms with Crippen molar-refractivity contribution in [2.75, 3.05) is 4.90 Å². The Labute approximate surface area is 395 Å². The molecule has 12 aromatic carbocycles. The van der Waals surface area contributed by atoms with E-state index in [2.05, 4.69) is 276 Å². The van der Waals surface area contributed by atoms with Crippen molar-refractivity contribution in [1.82, 2.24) is 4.57 Å². The monoisotopic (exact) mass is 864 g/mol. The van der Waals surface area contributed by atoms with Crippen molar-refractivity contribution in [3.8, 4) is 50.2 Å². The summed E-state index contributed by atoms with van der Waals surface area (Å²) < 4.78 is 2.40. The molecular weight excluding hydrogens is 821 g/mol. The summed E-state index contributed by atoms with van der Waals surface area (Å²) in [7, 11) is 0. The van der Waals surface area contributed by atoms with Crippen LogP contribution in [0.1, 0.15) is 0 Å². The molecule has 0 atom stereocenters. The number of aromatic nitrogens is 1. The van der Waals surface area contributed by atoms with Gasteiger partial charge in [0.2, 0.25) is 0 Å². The average Bonchev–Trinajstić information content (AvgIpc) is 3.76. The van der Waals surface area contributed by atoms with Gasteiger partial charge in [0.15, 0.2) is 0 Å². The minimum absolute atomic E-state index is 1.08. The van der Waals surface area contributed by atoms with Crippen LogP contribution in [-0.4, -0.2) is 4.57 Å². The molecule has 0 fully saturated rings. The van der Waals surface area contributed by atoms with Crippen molar-refractivity contribution < 1.29 is 0 Å². The van der Waals surface area contributed by atoms with Gasteiger partial charge in [-0.05, 0) is 132 Å². The highest BCUT2D eigenvalue weighted by atomic mass is 15.1. The first-order valence-corrected chi connectivity index (χ1v) is 23.4. The van der Waals surface area contributed by atoms with E-state index in [0.29, 0.717) is 0 Å². The molecule has 1 heterocycles. The molecule has 0 saturated heterocycles. The Bertz CT molecular complexity index is 4000.